The fraction of sp³-hybridized carbons (Fsp3) is 0.368. The SMILES string of the molecule is CC(CO)(COCc1cc(C(F)(F)F)cc(C(F)(F)F)c1)c1ccccc1. The number of hydrogen-bond donors (Lipinski definition) is 1. The molecule has 2 aromatic carbocycles. The highest BCUT2D eigenvalue weighted by Crippen LogP contribution is 2.36. The lowest BCUT2D eigenvalue weighted by atomic mass is 9.84. The summed E-state index contributed by atoms with van der Waals surface area (Å²) in [7, 11) is 0. The normalized spacial score (nSPS) is 14.8. The second kappa shape index (κ2) is 7.90. The molecule has 1 unspecified atom stereocenters. The summed E-state index contributed by atoms with van der Waals surface area (Å²) in [5.41, 5.74) is -3.11. The maximum absolute atomic E-state index is 12.9. The van der Waals surface area contributed by atoms with Crippen LogP contribution in [0.5, 0.6) is 0 Å². The highest BCUT2D eigenvalue weighted by Gasteiger charge is 2.37. The lowest BCUT2D eigenvalue weighted by Gasteiger charge is -2.27. The number of ether oxygens (including phenoxy) is 1. The van der Waals surface area contributed by atoms with Gasteiger partial charge in [-0.25, -0.2) is 0 Å². The van der Waals surface area contributed by atoms with E-state index in [1.165, 1.54) is 0 Å². The quantitative estimate of drug-likeness (QED) is 0.686. The predicted molar refractivity (Wildman–Crippen MR) is 87.0 cm³/mol. The van der Waals surface area contributed by atoms with Crippen LogP contribution in [0.1, 0.15) is 29.2 Å². The Hall–Kier alpha value is -2.06. The Morgan fingerprint density at radius 3 is 1.78 bits per heavy atom. The van der Waals surface area contributed by atoms with Crippen molar-refractivity contribution >= 4 is 0 Å². The molecule has 0 aliphatic carbocycles. The minimum atomic E-state index is -4.90. The van der Waals surface area contributed by atoms with Crippen LogP contribution < -0.4 is 0 Å². The summed E-state index contributed by atoms with van der Waals surface area (Å²) in [6, 6.07) is 10.1. The van der Waals surface area contributed by atoms with Crippen LogP contribution in [0.25, 0.3) is 0 Å². The van der Waals surface area contributed by atoms with Gasteiger partial charge in [-0.15, -0.1) is 0 Å². The minimum absolute atomic E-state index is 0.0747. The first-order chi connectivity index (χ1) is 12.5. The number of alkyl halides is 6. The van der Waals surface area contributed by atoms with Crippen molar-refractivity contribution in [1.82, 2.24) is 0 Å². The Bertz CT molecular complexity index is 723. The molecule has 8 heteroatoms. The summed E-state index contributed by atoms with van der Waals surface area (Å²) in [5.74, 6) is 0. The molecule has 2 nitrogen and oxygen atoms in total. The molecule has 1 atom stereocenters. The number of aliphatic hydroxyl groups is 1. The Kier molecular flexibility index (Phi) is 6.21. The maximum atomic E-state index is 12.9. The van der Waals surface area contributed by atoms with Gasteiger partial charge in [-0.05, 0) is 29.3 Å². The molecule has 1 N–H and O–H groups in total. The van der Waals surface area contributed by atoms with E-state index in [9.17, 15) is 31.4 Å². The second-order valence-corrected chi connectivity index (χ2v) is 6.49. The van der Waals surface area contributed by atoms with Crippen molar-refractivity contribution in [1.29, 1.82) is 0 Å². The van der Waals surface area contributed by atoms with Crippen molar-refractivity contribution in [2.45, 2.75) is 31.3 Å². The van der Waals surface area contributed by atoms with E-state index in [0.717, 1.165) is 5.56 Å². The fourth-order valence-corrected chi connectivity index (χ4v) is 2.56. The molecule has 0 aliphatic heterocycles. The lowest BCUT2D eigenvalue weighted by molar-refractivity contribution is -0.143. The highest BCUT2D eigenvalue weighted by atomic mass is 19.4. The molecule has 0 aliphatic rings. The van der Waals surface area contributed by atoms with Gasteiger partial charge in [0.15, 0.2) is 0 Å². The summed E-state index contributed by atoms with van der Waals surface area (Å²) in [4.78, 5) is 0. The van der Waals surface area contributed by atoms with E-state index in [1.54, 1.807) is 37.3 Å². The van der Waals surface area contributed by atoms with Crippen LogP contribution in [0.15, 0.2) is 48.5 Å². The predicted octanol–water partition coefficient (Wildman–Crippen LogP) is 5.19. The zero-order chi connectivity index (χ0) is 20.3. The molecule has 0 amide bonds. The highest BCUT2D eigenvalue weighted by molar-refractivity contribution is 5.33. The average Bonchev–Trinajstić information content (AvgIpc) is 2.60. The van der Waals surface area contributed by atoms with Crippen molar-refractivity contribution in [3.63, 3.8) is 0 Å². The van der Waals surface area contributed by atoms with Crippen molar-refractivity contribution in [2.24, 2.45) is 0 Å². The summed E-state index contributed by atoms with van der Waals surface area (Å²) in [6.45, 7) is 0.865. The van der Waals surface area contributed by atoms with E-state index in [-0.39, 0.29) is 24.8 Å². The summed E-state index contributed by atoms with van der Waals surface area (Å²) in [6.07, 6.45) is -9.81. The molecule has 0 heterocycles. The van der Waals surface area contributed by atoms with Crippen LogP contribution in [0, 0.1) is 0 Å². The van der Waals surface area contributed by atoms with E-state index >= 15 is 0 Å². The van der Waals surface area contributed by atoms with Gasteiger partial charge in [0.2, 0.25) is 0 Å². The standard InChI is InChI=1S/C19H18F6O2/c1-17(11-26,14-5-3-2-4-6-14)12-27-10-13-7-15(18(20,21)22)9-16(8-13)19(23,24)25/h2-9,26H,10-12H2,1H3. The van der Waals surface area contributed by atoms with Crippen molar-refractivity contribution < 1.29 is 36.2 Å². The second-order valence-electron chi connectivity index (χ2n) is 6.49. The first-order valence-corrected chi connectivity index (χ1v) is 7.98. The number of rotatable bonds is 6. The van der Waals surface area contributed by atoms with Gasteiger partial charge in [0.25, 0.3) is 0 Å². The van der Waals surface area contributed by atoms with Gasteiger partial charge in [0.1, 0.15) is 0 Å². The van der Waals surface area contributed by atoms with Crippen LogP contribution >= 0.6 is 0 Å². The van der Waals surface area contributed by atoms with E-state index < -0.39 is 35.5 Å². The molecule has 2 aromatic rings. The molecule has 0 spiro atoms. The molecule has 2 rings (SSSR count). The molecule has 0 radical (unpaired) electrons. The first-order valence-electron chi connectivity index (χ1n) is 7.98. The molecule has 0 aromatic heterocycles. The summed E-state index contributed by atoms with van der Waals surface area (Å²) >= 11 is 0. The van der Waals surface area contributed by atoms with Crippen LogP contribution in [-0.2, 0) is 29.1 Å². The average molecular weight is 392 g/mol. The van der Waals surface area contributed by atoms with Gasteiger partial charge < -0.3 is 9.84 Å². The maximum Gasteiger partial charge on any atom is 0.416 e. The third-order valence-electron chi connectivity index (χ3n) is 4.16. The molecular formula is C19H18F6O2. The molecule has 27 heavy (non-hydrogen) atoms. The zero-order valence-corrected chi connectivity index (χ0v) is 14.4. The van der Waals surface area contributed by atoms with E-state index in [2.05, 4.69) is 0 Å². The number of aliphatic hydroxyl groups excluding tert-OH is 1. The van der Waals surface area contributed by atoms with E-state index in [4.69, 9.17) is 4.74 Å². The van der Waals surface area contributed by atoms with Crippen molar-refractivity contribution in [3.05, 3.63) is 70.8 Å². The summed E-state index contributed by atoms with van der Waals surface area (Å²) in [5, 5.41) is 9.66. The Labute approximate surface area is 152 Å². The smallest absolute Gasteiger partial charge is 0.395 e. The third-order valence-corrected chi connectivity index (χ3v) is 4.16. The summed E-state index contributed by atoms with van der Waals surface area (Å²) < 4.78 is 82.7. The molecule has 148 valence electrons. The van der Waals surface area contributed by atoms with Crippen LogP contribution in [0.3, 0.4) is 0 Å². The van der Waals surface area contributed by atoms with Crippen molar-refractivity contribution in [3.8, 4) is 0 Å². The monoisotopic (exact) mass is 392 g/mol. The van der Waals surface area contributed by atoms with Gasteiger partial charge >= 0.3 is 12.4 Å². The Balaban J connectivity index is 2.19. The van der Waals surface area contributed by atoms with Gasteiger partial charge in [-0.3, -0.25) is 0 Å². The largest absolute Gasteiger partial charge is 0.416 e. The molecule has 0 saturated heterocycles. The third kappa shape index (κ3) is 5.46. The lowest BCUT2D eigenvalue weighted by Crippen LogP contribution is -2.32. The molecule has 0 fully saturated rings. The minimum Gasteiger partial charge on any atom is -0.395 e. The topological polar surface area (TPSA) is 29.5 Å². The van der Waals surface area contributed by atoms with Gasteiger partial charge in [-0.2, -0.15) is 26.3 Å². The molecule has 0 bridgehead atoms. The van der Waals surface area contributed by atoms with E-state index in [0.29, 0.717) is 12.1 Å². The first kappa shape index (κ1) is 21.2. The van der Waals surface area contributed by atoms with Crippen LogP contribution in [0.4, 0.5) is 26.3 Å². The van der Waals surface area contributed by atoms with Crippen LogP contribution in [0.2, 0.25) is 0 Å². The van der Waals surface area contributed by atoms with Crippen LogP contribution in [-0.4, -0.2) is 18.3 Å². The molecular weight excluding hydrogens is 374 g/mol. The number of halogens is 6. The fourth-order valence-electron chi connectivity index (χ4n) is 2.56. The number of benzene rings is 2. The van der Waals surface area contributed by atoms with E-state index in [1.807, 2.05) is 0 Å². The number of hydrogen-bond acceptors (Lipinski definition) is 2. The molecule has 0 saturated carbocycles. The van der Waals surface area contributed by atoms with Gasteiger partial charge in [-0.1, -0.05) is 37.3 Å². The van der Waals surface area contributed by atoms with Gasteiger partial charge in [0.05, 0.1) is 30.9 Å². The van der Waals surface area contributed by atoms with Gasteiger partial charge in [0, 0.05) is 5.41 Å². The van der Waals surface area contributed by atoms with Crippen molar-refractivity contribution in [2.75, 3.05) is 13.2 Å². The Morgan fingerprint density at radius 2 is 1.33 bits per heavy atom. The Morgan fingerprint density at radius 1 is 0.815 bits per heavy atom. The zero-order valence-electron chi connectivity index (χ0n) is 14.4.